The van der Waals surface area contributed by atoms with Crippen molar-refractivity contribution in [2.24, 2.45) is 5.92 Å². The van der Waals surface area contributed by atoms with Gasteiger partial charge < -0.3 is 9.15 Å². The van der Waals surface area contributed by atoms with Crippen LogP contribution >= 0.6 is 0 Å². The van der Waals surface area contributed by atoms with Crippen molar-refractivity contribution < 1.29 is 9.15 Å². The van der Waals surface area contributed by atoms with Crippen molar-refractivity contribution in [3.8, 4) is 11.6 Å². The Labute approximate surface area is 154 Å². The Morgan fingerprint density at radius 1 is 1.22 bits per heavy atom. The van der Waals surface area contributed by atoms with E-state index in [0.717, 1.165) is 29.6 Å². The fourth-order valence-corrected chi connectivity index (χ4v) is 3.44. The van der Waals surface area contributed by atoms with E-state index in [1.807, 2.05) is 25.1 Å². The molecule has 1 aliphatic rings. The highest BCUT2D eigenvalue weighted by molar-refractivity contribution is 5.81. The summed E-state index contributed by atoms with van der Waals surface area (Å²) in [4.78, 5) is 11.7. The zero-order valence-corrected chi connectivity index (χ0v) is 15.0. The predicted molar refractivity (Wildman–Crippen MR) is 99.2 cm³/mol. The van der Waals surface area contributed by atoms with Crippen molar-refractivity contribution in [1.82, 2.24) is 19.8 Å². The maximum Gasteiger partial charge on any atom is 0.336 e. The van der Waals surface area contributed by atoms with E-state index in [4.69, 9.17) is 9.15 Å². The minimum Gasteiger partial charge on any atom is -0.437 e. The average molecular weight is 362 g/mol. The van der Waals surface area contributed by atoms with Crippen molar-refractivity contribution >= 4 is 16.6 Å². The van der Waals surface area contributed by atoms with Gasteiger partial charge in [-0.15, -0.1) is 15.3 Å². The molecule has 1 fully saturated rings. The summed E-state index contributed by atoms with van der Waals surface area (Å²) in [5.41, 5.74) is 1.81. The summed E-state index contributed by atoms with van der Waals surface area (Å²) in [5.74, 6) is 2.88. The highest BCUT2D eigenvalue weighted by atomic mass is 16.5. The molecule has 0 amide bonds. The number of ether oxygens (including phenoxy) is 1. The van der Waals surface area contributed by atoms with Crippen molar-refractivity contribution in [1.29, 1.82) is 0 Å². The van der Waals surface area contributed by atoms with Gasteiger partial charge in [-0.05, 0) is 42.5 Å². The Balaban J connectivity index is 1.52. The van der Waals surface area contributed by atoms with Crippen LogP contribution in [0.4, 0.5) is 0 Å². The van der Waals surface area contributed by atoms with Gasteiger partial charge in [0.15, 0.2) is 11.5 Å². The molecule has 136 valence electrons. The number of rotatable bonds is 4. The van der Waals surface area contributed by atoms with Crippen molar-refractivity contribution in [2.45, 2.75) is 32.6 Å². The largest absolute Gasteiger partial charge is 0.437 e. The van der Waals surface area contributed by atoms with E-state index in [0.29, 0.717) is 34.7 Å². The molecule has 0 aliphatic heterocycles. The van der Waals surface area contributed by atoms with Gasteiger partial charge in [0, 0.05) is 29.5 Å². The Morgan fingerprint density at radius 3 is 2.85 bits per heavy atom. The number of aryl methyl sites for hydroxylation is 1. The van der Waals surface area contributed by atoms with Crippen LogP contribution in [0.15, 0.2) is 45.6 Å². The molecule has 4 aromatic rings. The van der Waals surface area contributed by atoms with E-state index in [-0.39, 0.29) is 5.63 Å². The molecule has 7 heteroatoms. The molecule has 3 heterocycles. The summed E-state index contributed by atoms with van der Waals surface area (Å²) in [7, 11) is 0. The Morgan fingerprint density at radius 2 is 2.07 bits per heavy atom. The summed E-state index contributed by atoms with van der Waals surface area (Å²) in [5, 5.41) is 13.9. The topological polar surface area (TPSA) is 82.5 Å². The van der Waals surface area contributed by atoms with Crippen LogP contribution in [0.2, 0.25) is 0 Å². The second-order valence-corrected chi connectivity index (χ2v) is 7.02. The third-order valence-electron chi connectivity index (χ3n) is 5.11. The zero-order valence-electron chi connectivity index (χ0n) is 15.0. The molecule has 0 radical (unpaired) electrons. The zero-order chi connectivity index (χ0) is 18.5. The molecule has 2 atom stereocenters. The second-order valence-electron chi connectivity index (χ2n) is 7.02. The molecule has 27 heavy (non-hydrogen) atoms. The van der Waals surface area contributed by atoms with Gasteiger partial charge in [0.25, 0.3) is 0 Å². The van der Waals surface area contributed by atoms with Crippen LogP contribution in [0.1, 0.15) is 37.6 Å². The van der Waals surface area contributed by atoms with E-state index < -0.39 is 0 Å². The lowest BCUT2D eigenvalue weighted by Crippen LogP contribution is -2.01. The molecule has 0 N–H and O–H groups in total. The first kappa shape index (κ1) is 16.0. The third kappa shape index (κ3) is 2.75. The van der Waals surface area contributed by atoms with Crippen molar-refractivity contribution in [2.75, 3.05) is 0 Å². The molecule has 1 aromatic carbocycles. The minimum atomic E-state index is -0.358. The summed E-state index contributed by atoms with van der Waals surface area (Å²) < 4.78 is 13.0. The summed E-state index contributed by atoms with van der Waals surface area (Å²) in [6.45, 7) is 4.20. The van der Waals surface area contributed by atoms with E-state index in [9.17, 15) is 4.79 Å². The van der Waals surface area contributed by atoms with E-state index >= 15 is 0 Å². The number of nitrogens with zero attached hydrogens (tertiary/aromatic N) is 4. The first-order valence-electron chi connectivity index (χ1n) is 9.09. The van der Waals surface area contributed by atoms with Gasteiger partial charge in [-0.2, -0.15) is 4.52 Å². The molecule has 0 saturated heterocycles. The number of hydrogen-bond donors (Lipinski definition) is 0. The van der Waals surface area contributed by atoms with Crippen LogP contribution in [0, 0.1) is 5.92 Å². The summed E-state index contributed by atoms with van der Waals surface area (Å²) >= 11 is 0. The van der Waals surface area contributed by atoms with Crippen LogP contribution < -0.4 is 10.4 Å². The third-order valence-corrected chi connectivity index (χ3v) is 5.11. The molecule has 5 rings (SSSR count). The first-order chi connectivity index (χ1) is 13.1. The van der Waals surface area contributed by atoms with Crippen LogP contribution in [-0.2, 0) is 6.42 Å². The number of fused-ring (bicyclic) bond motifs is 2. The summed E-state index contributed by atoms with van der Waals surface area (Å²) in [6.07, 6.45) is 1.87. The normalized spacial score (nSPS) is 18.9. The Hall–Kier alpha value is -3.22. The van der Waals surface area contributed by atoms with Crippen LogP contribution in [0.3, 0.4) is 0 Å². The molecule has 2 unspecified atom stereocenters. The van der Waals surface area contributed by atoms with Crippen molar-refractivity contribution in [3.05, 3.63) is 58.2 Å². The van der Waals surface area contributed by atoms with Gasteiger partial charge in [0.05, 0.1) is 0 Å². The van der Waals surface area contributed by atoms with Gasteiger partial charge in [0.1, 0.15) is 11.3 Å². The summed E-state index contributed by atoms with van der Waals surface area (Å²) in [6, 6.07) is 10.6. The molecule has 7 nitrogen and oxygen atoms in total. The fraction of sp³-hybridized carbons (Fsp3) is 0.300. The van der Waals surface area contributed by atoms with Gasteiger partial charge in [-0.1, -0.05) is 13.8 Å². The molecule has 3 aromatic heterocycles. The highest BCUT2D eigenvalue weighted by Crippen LogP contribution is 2.45. The predicted octanol–water partition coefficient (Wildman–Crippen LogP) is 3.71. The second kappa shape index (κ2) is 5.90. The maximum absolute atomic E-state index is 11.7. The lowest BCUT2D eigenvalue weighted by molar-refractivity contribution is 0.449. The van der Waals surface area contributed by atoms with E-state index in [2.05, 4.69) is 22.2 Å². The number of aromatic nitrogens is 4. The van der Waals surface area contributed by atoms with Crippen LogP contribution in [0.25, 0.3) is 16.6 Å². The minimum absolute atomic E-state index is 0.358. The van der Waals surface area contributed by atoms with Gasteiger partial charge in [-0.3, -0.25) is 0 Å². The highest BCUT2D eigenvalue weighted by Gasteiger charge is 2.38. The van der Waals surface area contributed by atoms with Gasteiger partial charge in [0.2, 0.25) is 5.88 Å². The lowest BCUT2D eigenvalue weighted by Gasteiger charge is -2.07. The Bertz CT molecular complexity index is 1230. The monoisotopic (exact) mass is 362 g/mol. The van der Waals surface area contributed by atoms with Crippen LogP contribution in [-0.4, -0.2) is 19.8 Å². The first-order valence-corrected chi connectivity index (χ1v) is 9.09. The number of hydrogen-bond acceptors (Lipinski definition) is 6. The lowest BCUT2D eigenvalue weighted by atomic mass is 10.1. The van der Waals surface area contributed by atoms with Gasteiger partial charge >= 0.3 is 5.63 Å². The van der Waals surface area contributed by atoms with Gasteiger partial charge in [-0.25, -0.2) is 4.79 Å². The molecular weight excluding hydrogens is 344 g/mol. The SMILES string of the molecule is CCc1cc(=O)oc2cc(Oc3ccc4nnc(C5CC5C)n4n3)ccc12. The smallest absolute Gasteiger partial charge is 0.336 e. The standard InChI is InChI=1S/C20H18N4O3/c1-3-12-9-19(25)27-16-10-13(4-5-14(12)16)26-18-7-6-17-21-22-20(24(17)23-18)15-8-11(15)2/h4-7,9-11,15H,3,8H2,1-2H3. The quantitative estimate of drug-likeness (QED) is 0.515. The van der Waals surface area contributed by atoms with E-state index in [1.54, 1.807) is 16.6 Å². The molecule has 0 bridgehead atoms. The van der Waals surface area contributed by atoms with Crippen LogP contribution in [0.5, 0.6) is 11.6 Å². The molecule has 0 spiro atoms. The van der Waals surface area contributed by atoms with E-state index in [1.165, 1.54) is 6.07 Å². The maximum atomic E-state index is 11.7. The molecular formula is C20H18N4O3. The molecule has 1 saturated carbocycles. The average Bonchev–Trinajstić information content (AvgIpc) is 3.23. The fourth-order valence-electron chi connectivity index (χ4n) is 3.44. The number of benzene rings is 1. The Kier molecular flexibility index (Phi) is 3.50. The molecule has 1 aliphatic carbocycles. The van der Waals surface area contributed by atoms with Crippen molar-refractivity contribution in [3.63, 3.8) is 0 Å².